The minimum Gasteiger partial charge on any atom is -0.481 e. The van der Waals surface area contributed by atoms with Crippen molar-refractivity contribution in [1.29, 1.82) is 0 Å². The van der Waals surface area contributed by atoms with Crippen molar-refractivity contribution in [2.45, 2.75) is 51.0 Å². The minimum absolute atomic E-state index is 0.0550. The highest BCUT2D eigenvalue weighted by atomic mass is 35.5. The van der Waals surface area contributed by atoms with Gasteiger partial charge in [-0.05, 0) is 80.0 Å². The number of halogens is 1. The zero-order valence-corrected chi connectivity index (χ0v) is 21.2. The molecule has 37 heavy (non-hydrogen) atoms. The van der Waals surface area contributed by atoms with Crippen LogP contribution in [0.1, 0.15) is 65.3 Å². The molecule has 0 radical (unpaired) electrons. The number of carboxylic acids is 1. The van der Waals surface area contributed by atoms with Crippen molar-refractivity contribution in [3.8, 4) is 11.3 Å². The summed E-state index contributed by atoms with van der Waals surface area (Å²) in [6.45, 7) is 0. The Hall–Kier alpha value is -3.77. The molecule has 1 aromatic heterocycles. The molecule has 0 unspecified atom stereocenters. The van der Waals surface area contributed by atoms with Crippen LogP contribution in [0.2, 0.25) is 5.02 Å². The molecule has 0 fully saturated rings. The highest BCUT2D eigenvalue weighted by molar-refractivity contribution is 6.30. The van der Waals surface area contributed by atoms with Crippen LogP contribution in [0, 0.1) is 0 Å². The number of nitrogens with one attached hydrogen (secondary N) is 1. The molecule has 7 heteroatoms. The van der Waals surface area contributed by atoms with Gasteiger partial charge in [-0.2, -0.15) is 0 Å². The van der Waals surface area contributed by atoms with Gasteiger partial charge in [0.05, 0.1) is 28.5 Å². The molecule has 6 nitrogen and oxygen atoms in total. The number of hydrogen-bond donors (Lipinski definition) is 2. The second-order valence-electron chi connectivity index (χ2n) is 9.45. The van der Waals surface area contributed by atoms with Crippen LogP contribution in [0.25, 0.3) is 22.3 Å². The highest BCUT2D eigenvalue weighted by Crippen LogP contribution is 2.32. The lowest BCUT2D eigenvalue weighted by atomic mass is 9.87. The average molecular weight is 514 g/mol. The predicted octanol–water partition coefficient (Wildman–Crippen LogP) is 6.56. The molecule has 0 saturated heterocycles. The van der Waals surface area contributed by atoms with Crippen LogP contribution in [-0.2, 0) is 17.6 Å². The average Bonchev–Trinajstić information content (AvgIpc) is 2.90. The number of nitrogens with zero attached hydrogens (tertiary/aromatic N) is 2. The number of hydrogen-bond acceptors (Lipinski definition) is 4. The fourth-order valence-electron chi connectivity index (χ4n) is 4.98. The van der Waals surface area contributed by atoms with Gasteiger partial charge >= 0.3 is 5.97 Å². The van der Waals surface area contributed by atoms with E-state index in [1.807, 2.05) is 54.6 Å². The first-order chi connectivity index (χ1) is 18.0. The van der Waals surface area contributed by atoms with Gasteiger partial charge in [0.1, 0.15) is 0 Å². The summed E-state index contributed by atoms with van der Waals surface area (Å²) in [5.41, 5.74) is 6.77. The van der Waals surface area contributed by atoms with Gasteiger partial charge in [0.25, 0.3) is 5.91 Å². The standard InChI is InChI=1S/C30H28ClN3O3/c31-22-14-15-23-20(17-22)9-6-11-24(23)34-30(37)21-13-16-25-27(18-21)32-26(10-4-5-12-28(35)36)29(33-25)19-7-2-1-3-8-19/h1-3,7-8,13-18,24H,4-6,9-12H2,(H,34,37)(H,35,36)/t24-/m1/s1. The summed E-state index contributed by atoms with van der Waals surface area (Å²) in [5.74, 6) is -0.945. The van der Waals surface area contributed by atoms with Crippen molar-refractivity contribution in [1.82, 2.24) is 15.3 Å². The largest absolute Gasteiger partial charge is 0.481 e. The maximum Gasteiger partial charge on any atom is 0.303 e. The summed E-state index contributed by atoms with van der Waals surface area (Å²) in [7, 11) is 0. The Labute approximate surface area is 220 Å². The van der Waals surface area contributed by atoms with Crippen LogP contribution < -0.4 is 5.32 Å². The maximum absolute atomic E-state index is 13.2. The Kier molecular flexibility index (Phi) is 7.47. The van der Waals surface area contributed by atoms with Crippen LogP contribution in [0.3, 0.4) is 0 Å². The molecule has 3 aromatic carbocycles. The minimum atomic E-state index is -0.799. The summed E-state index contributed by atoms with van der Waals surface area (Å²) >= 11 is 6.17. The zero-order valence-electron chi connectivity index (χ0n) is 20.4. The van der Waals surface area contributed by atoms with Gasteiger partial charge in [-0.25, -0.2) is 9.97 Å². The molecule has 5 rings (SSSR count). The van der Waals surface area contributed by atoms with Crippen molar-refractivity contribution >= 4 is 34.5 Å². The first-order valence-electron chi connectivity index (χ1n) is 12.6. The lowest BCUT2D eigenvalue weighted by Gasteiger charge is -2.26. The number of carbonyl (C=O) groups is 2. The molecule has 0 spiro atoms. The first-order valence-corrected chi connectivity index (χ1v) is 13.0. The second kappa shape index (κ2) is 11.1. The first kappa shape index (κ1) is 24.9. The van der Waals surface area contributed by atoms with Crippen LogP contribution in [0.15, 0.2) is 66.7 Å². The van der Waals surface area contributed by atoms with Crippen LogP contribution >= 0.6 is 11.6 Å². The van der Waals surface area contributed by atoms with Gasteiger partial charge in [-0.3, -0.25) is 9.59 Å². The van der Waals surface area contributed by atoms with E-state index in [9.17, 15) is 9.59 Å². The molecule has 0 saturated carbocycles. The number of aromatic nitrogens is 2. The number of carboxylic acid groups (broad SMARTS) is 1. The van der Waals surface area contributed by atoms with E-state index in [1.54, 1.807) is 12.1 Å². The molecule has 1 aliphatic carbocycles. The molecular weight excluding hydrogens is 486 g/mol. The molecule has 0 bridgehead atoms. The van der Waals surface area contributed by atoms with Crippen molar-refractivity contribution in [2.75, 3.05) is 0 Å². The summed E-state index contributed by atoms with van der Waals surface area (Å²) in [6.07, 6.45) is 4.84. The van der Waals surface area contributed by atoms with Crippen LogP contribution in [0.4, 0.5) is 0 Å². The Morgan fingerprint density at radius 2 is 1.81 bits per heavy atom. The fourth-order valence-corrected chi connectivity index (χ4v) is 5.17. The van der Waals surface area contributed by atoms with Gasteiger partial charge < -0.3 is 10.4 Å². The van der Waals surface area contributed by atoms with E-state index in [2.05, 4.69) is 5.32 Å². The van der Waals surface area contributed by atoms with Crippen molar-refractivity contribution in [2.24, 2.45) is 0 Å². The monoisotopic (exact) mass is 513 g/mol. The second-order valence-corrected chi connectivity index (χ2v) is 9.89. The number of fused-ring (bicyclic) bond motifs is 2. The molecule has 1 atom stereocenters. The Balaban J connectivity index is 1.42. The molecule has 0 aliphatic heterocycles. The van der Waals surface area contributed by atoms with E-state index < -0.39 is 5.97 Å². The van der Waals surface area contributed by atoms with Gasteiger partial charge in [-0.15, -0.1) is 0 Å². The Bertz CT molecular complexity index is 1460. The third-order valence-electron chi connectivity index (χ3n) is 6.82. The molecule has 188 valence electrons. The van der Waals surface area contributed by atoms with Gasteiger partial charge in [-0.1, -0.05) is 48.0 Å². The lowest BCUT2D eigenvalue weighted by molar-refractivity contribution is -0.137. The third kappa shape index (κ3) is 5.81. The summed E-state index contributed by atoms with van der Waals surface area (Å²) < 4.78 is 0. The van der Waals surface area contributed by atoms with E-state index in [-0.39, 0.29) is 18.4 Å². The Morgan fingerprint density at radius 1 is 0.973 bits per heavy atom. The number of aryl methyl sites for hydroxylation is 2. The van der Waals surface area contributed by atoms with Crippen molar-refractivity contribution < 1.29 is 14.7 Å². The number of carbonyl (C=O) groups excluding carboxylic acids is 1. The number of unbranched alkanes of at least 4 members (excludes halogenated alkanes) is 1. The normalized spacial score (nSPS) is 14.8. The quantitative estimate of drug-likeness (QED) is 0.260. The highest BCUT2D eigenvalue weighted by Gasteiger charge is 2.23. The van der Waals surface area contributed by atoms with Gasteiger partial charge in [0.15, 0.2) is 0 Å². The maximum atomic E-state index is 13.2. The summed E-state index contributed by atoms with van der Waals surface area (Å²) in [5, 5.41) is 12.9. The number of benzene rings is 3. The number of amides is 1. The smallest absolute Gasteiger partial charge is 0.303 e. The van der Waals surface area contributed by atoms with E-state index >= 15 is 0 Å². The SMILES string of the molecule is O=C(O)CCCCc1nc2cc(C(=O)N[C@@H]3CCCc4cc(Cl)ccc43)ccc2nc1-c1ccccc1. The lowest BCUT2D eigenvalue weighted by Crippen LogP contribution is -2.31. The topological polar surface area (TPSA) is 92.2 Å². The number of aliphatic carboxylic acids is 1. The molecule has 1 aliphatic rings. The van der Waals surface area contributed by atoms with E-state index in [0.717, 1.165) is 41.8 Å². The summed E-state index contributed by atoms with van der Waals surface area (Å²) in [6, 6.07) is 21.1. The molecule has 1 amide bonds. The van der Waals surface area contributed by atoms with Crippen molar-refractivity contribution in [3.05, 3.63) is 94.1 Å². The predicted molar refractivity (Wildman–Crippen MR) is 145 cm³/mol. The third-order valence-corrected chi connectivity index (χ3v) is 7.06. The van der Waals surface area contributed by atoms with Crippen molar-refractivity contribution in [3.63, 3.8) is 0 Å². The van der Waals surface area contributed by atoms with Gasteiger partial charge in [0.2, 0.25) is 0 Å². The summed E-state index contributed by atoms with van der Waals surface area (Å²) in [4.78, 5) is 34.0. The number of rotatable bonds is 8. The van der Waals surface area contributed by atoms with E-state index in [0.29, 0.717) is 40.9 Å². The van der Waals surface area contributed by atoms with E-state index in [1.165, 1.54) is 5.56 Å². The molecule has 4 aromatic rings. The molecular formula is C30H28ClN3O3. The molecule has 2 N–H and O–H groups in total. The molecule has 1 heterocycles. The van der Waals surface area contributed by atoms with Crippen LogP contribution in [0.5, 0.6) is 0 Å². The fraction of sp³-hybridized carbons (Fsp3) is 0.267. The van der Waals surface area contributed by atoms with Crippen LogP contribution in [-0.4, -0.2) is 27.0 Å². The van der Waals surface area contributed by atoms with E-state index in [4.69, 9.17) is 26.7 Å². The van der Waals surface area contributed by atoms with Gasteiger partial charge in [0, 0.05) is 22.6 Å². The Morgan fingerprint density at radius 3 is 2.62 bits per heavy atom. The zero-order chi connectivity index (χ0) is 25.8.